The zero-order valence-electron chi connectivity index (χ0n) is 17.6. The lowest BCUT2D eigenvalue weighted by atomic mass is 10.2. The highest BCUT2D eigenvalue weighted by molar-refractivity contribution is 6.30. The standard InChI is InChI=1S/C24H21ClN4O3/c1-3-32-21-13-9-19(10-14-21)29-23(16-5-4-6-17(25)15-16)27-22(28-29)24(30)26-18-7-11-20(31-2)12-8-18/h4-15H,3H2,1-2H3,(H,26,30). The molecule has 162 valence electrons. The summed E-state index contributed by atoms with van der Waals surface area (Å²) in [6, 6.07) is 21.7. The van der Waals surface area contributed by atoms with E-state index >= 15 is 0 Å². The smallest absolute Gasteiger partial charge is 0.295 e. The molecule has 0 unspecified atom stereocenters. The number of nitrogens with one attached hydrogen (secondary N) is 1. The van der Waals surface area contributed by atoms with Gasteiger partial charge in [0.1, 0.15) is 11.5 Å². The van der Waals surface area contributed by atoms with Crippen LogP contribution in [0, 0.1) is 0 Å². The van der Waals surface area contributed by atoms with Crippen molar-refractivity contribution in [2.75, 3.05) is 19.0 Å². The molecule has 0 aliphatic carbocycles. The van der Waals surface area contributed by atoms with Crippen molar-refractivity contribution in [2.45, 2.75) is 6.92 Å². The molecule has 1 N–H and O–H groups in total. The minimum Gasteiger partial charge on any atom is -0.497 e. The van der Waals surface area contributed by atoms with Gasteiger partial charge in [-0.25, -0.2) is 9.67 Å². The molecule has 0 aliphatic heterocycles. The summed E-state index contributed by atoms with van der Waals surface area (Å²) in [5.41, 5.74) is 2.08. The second-order valence-electron chi connectivity index (χ2n) is 6.79. The molecule has 0 spiro atoms. The average molecular weight is 449 g/mol. The zero-order chi connectivity index (χ0) is 22.5. The Bertz CT molecular complexity index is 1220. The number of carbonyl (C=O) groups is 1. The van der Waals surface area contributed by atoms with E-state index in [1.807, 2.05) is 43.3 Å². The molecule has 1 heterocycles. The van der Waals surface area contributed by atoms with Gasteiger partial charge in [0.2, 0.25) is 5.82 Å². The molecule has 1 amide bonds. The van der Waals surface area contributed by atoms with E-state index in [0.717, 1.165) is 17.0 Å². The molecule has 7 nitrogen and oxygen atoms in total. The summed E-state index contributed by atoms with van der Waals surface area (Å²) in [6.07, 6.45) is 0. The lowest BCUT2D eigenvalue weighted by Crippen LogP contribution is -2.14. The molecule has 4 aromatic rings. The van der Waals surface area contributed by atoms with Crippen molar-refractivity contribution in [3.05, 3.63) is 83.6 Å². The number of benzene rings is 3. The molecular weight excluding hydrogens is 428 g/mol. The van der Waals surface area contributed by atoms with Crippen LogP contribution in [0.25, 0.3) is 17.1 Å². The number of nitrogens with zero attached hydrogens (tertiary/aromatic N) is 3. The van der Waals surface area contributed by atoms with Crippen molar-refractivity contribution in [3.8, 4) is 28.6 Å². The molecule has 4 rings (SSSR count). The number of methoxy groups -OCH3 is 1. The van der Waals surface area contributed by atoms with Crippen molar-refractivity contribution >= 4 is 23.2 Å². The van der Waals surface area contributed by atoms with Gasteiger partial charge in [-0.15, -0.1) is 5.10 Å². The van der Waals surface area contributed by atoms with Crippen molar-refractivity contribution in [1.82, 2.24) is 14.8 Å². The molecule has 0 fully saturated rings. The van der Waals surface area contributed by atoms with Crippen LogP contribution in [0.3, 0.4) is 0 Å². The number of rotatable bonds is 7. The van der Waals surface area contributed by atoms with E-state index in [1.165, 1.54) is 0 Å². The van der Waals surface area contributed by atoms with Crippen LogP contribution < -0.4 is 14.8 Å². The lowest BCUT2D eigenvalue weighted by Gasteiger charge is -2.08. The van der Waals surface area contributed by atoms with Gasteiger partial charge in [-0.05, 0) is 67.6 Å². The first-order valence-corrected chi connectivity index (χ1v) is 10.4. The van der Waals surface area contributed by atoms with E-state index in [4.69, 9.17) is 21.1 Å². The van der Waals surface area contributed by atoms with Crippen LogP contribution >= 0.6 is 11.6 Å². The monoisotopic (exact) mass is 448 g/mol. The second kappa shape index (κ2) is 9.53. The molecule has 32 heavy (non-hydrogen) atoms. The van der Waals surface area contributed by atoms with Crippen molar-refractivity contribution in [3.63, 3.8) is 0 Å². The molecule has 0 saturated heterocycles. The molecule has 8 heteroatoms. The first kappa shape index (κ1) is 21.4. The highest BCUT2D eigenvalue weighted by atomic mass is 35.5. The van der Waals surface area contributed by atoms with E-state index in [0.29, 0.717) is 28.9 Å². The summed E-state index contributed by atoms with van der Waals surface area (Å²) in [6.45, 7) is 2.50. The molecule has 0 atom stereocenters. The summed E-state index contributed by atoms with van der Waals surface area (Å²) >= 11 is 6.19. The zero-order valence-corrected chi connectivity index (χ0v) is 18.3. The van der Waals surface area contributed by atoms with Crippen LogP contribution in [0.15, 0.2) is 72.8 Å². The predicted octanol–water partition coefficient (Wildman–Crippen LogP) is 5.25. The number of hydrogen-bond donors (Lipinski definition) is 1. The van der Waals surface area contributed by atoms with Gasteiger partial charge in [-0.3, -0.25) is 4.79 Å². The van der Waals surface area contributed by atoms with Crippen LogP contribution in [-0.4, -0.2) is 34.4 Å². The first-order valence-electron chi connectivity index (χ1n) is 9.99. The maximum atomic E-state index is 12.9. The van der Waals surface area contributed by atoms with Gasteiger partial charge in [0.05, 0.1) is 19.4 Å². The third kappa shape index (κ3) is 4.73. The Labute approximate surface area is 190 Å². The number of aromatic nitrogens is 3. The van der Waals surface area contributed by atoms with E-state index < -0.39 is 5.91 Å². The molecule has 3 aromatic carbocycles. The fourth-order valence-corrected chi connectivity index (χ4v) is 3.30. The number of carbonyl (C=O) groups excluding carboxylic acids is 1. The minimum absolute atomic E-state index is 0.0321. The largest absolute Gasteiger partial charge is 0.497 e. The predicted molar refractivity (Wildman–Crippen MR) is 124 cm³/mol. The number of amides is 1. The highest BCUT2D eigenvalue weighted by Gasteiger charge is 2.19. The van der Waals surface area contributed by atoms with Crippen LogP contribution in [0.5, 0.6) is 11.5 Å². The Morgan fingerprint density at radius 2 is 1.75 bits per heavy atom. The van der Waals surface area contributed by atoms with Gasteiger partial charge >= 0.3 is 0 Å². The normalized spacial score (nSPS) is 10.6. The fraction of sp³-hybridized carbons (Fsp3) is 0.125. The topological polar surface area (TPSA) is 78.3 Å². The Morgan fingerprint density at radius 3 is 2.41 bits per heavy atom. The van der Waals surface area contributed by atoms with Crippen molar-refractivity contribution in [2.24, 2.45) is 0 Å². The Hall–Kier alpha value is -3.84. The van der Waals surface area contributed by atoms with E-state index in [9.17, 15) is 4.79 Å². The third-order valence-electron chi connectivity index (χ3n) is 4.63. The molecule has 1 aromatic heterocycles. The van der Waals surface area contributed by atoms with Crippen molar-refractivity contribution in [1.29, 1.82) is 0 Å². The summed E-state index contributed by atoms with van der Waals surface area (Å²) in [7, 11) is 1.59. The Balaban J connectivity index is 1.70. The van der Waals surface area contributed by atoms with Gasteiger partial charge in [0.15, 0.2) is 5.82 Å². The SMILES string of the molecule is CCOc1ccc(-n2nc(C(=O)Nc3ccc(OC)cc3)nc2-c2cccc(Cl)c2)cc1. The van der Waals surface area contributed by atoms with Gasteiger partial charge in [-0.1, -0.05) is 23.7 Å². The van der Waals surface area contributed by atoms with Crippen LogP contribution in [0.2, 0.25) is 5.02 Å². The van der Waals surface area contributed by atoms with Gasteiger partial charge in [0, 0.05) is 16.3 Å². The second-order valence-corrected chi connectivity index (χ2v) is 7.23. The maximum Gasteiger partial charge on any atom is 0.295 e. The van der Waals surface area contributed by atoms with Crippen molar-refractivity contribution < 1.29 is 14.3 Å². The average Bonchev–Trinajstić information content (AvgIpc) is 3.26. The molecule has 0 aliphatic rings. The van der Waals surface area contributed by atoms with Crippen LogP contribution in [0.1, 0.15) is 17.5 Å². The van der Waals surface area contributed by atoms with Gasteiger partial charge in [0.25, 0.3) is 5.91 Å². The lowest BCUT2D eigenvalue weighted by molar-refractivity contribution is 0.101. The summed E-state index contributed by atoms with van der Waals surface area (Å²) < 4.78 is 12.3. The third-order valence-corrected chi connectivity index (χ3v) is 4.87. The fourth-order valence-electron chi connectivity index (χ4n) is 3.11. The quantitative estimate of drug-likeness (QED) is 0.418. The Morgan fingerprint density at radius 1 is 1.03 bits per heavy atom. The van der Waals surface area contributed by atoms with Crippen LogP contribution in [0.4, 0.5) is 5.69 Å². The van der Waals surface area contributed by atoms with E-state index in [-0.39, 0.29) is 5.82 Å². The summed E-state index contributed by atoms with van der Waals surface area (Å²) in [4.78, 5) is 17.4. The number of anilines is 1. The molecule has 0 saturated carbocycles. The van der Waals surface area contributed by atoms with E-state index in [2.05, 4.69) is 15.4 Å². The number of ether oxygens (including phenoxy) is 2. The molecule has 0 radical (unpaired) electrons. The molecular formula is C24H21ClN4O3. The van der Waals surface area contributed by atoms with Crippen LogP contribution in [-0.2, 0) is 0 Å². The van der Waals surface area contributed by atoms with E-state index in [1.54, 1.807) is 48.2 Å². The summed E-state index contributed by atoms with van der Waals surface area (Å²) in [5.74, 6) is 1.55. The first-order chi connectivity index (χ1) is 15.6. The molecule has 0 bridgehead atoms. The Kier molecular flexibility index (Phi) is 6.37. The highest BCUT2D eigenvalue weighted by Crippen LogP contribution is 2.25. The van der Waals surface area contributed by atoms with Gasteiger partial charge < -0.3 is 14.8 Å². The number of hydrogen-bond acceptors (Lipinski definition) is 5. The maximum absolute atomic E-state index is 12.9. The van der Waals surface area contributed by atoms with Gasteiger partial charge in [-0.2, -0.15) is 0 Å². The minimum atomic E-state index is -0.428. The number of halogens is 1. The summed E-state index contributed by atoms with van der Waals surface area (Å²) in [5, 5.41) is 7.85.